The Morgan fingerprint density at radius 3 is 2.35 bits per heavy atom. The van der Waals surface area contributed by atoms with E-state index in [0.29, 0.717) is 24.8 Å². The van der Waals surface area contributed by atoms with Gasteiger partial charge in [0.2, 0.25) is 0 Å². The molecule has 1 fully saturated rings. The summed E-state index contributed by atoms with van der Waals surface area (Å²) in [6.45, 7) is 3.22. The normalized spacial score (nSPS) is 17.8. The third-order valence-corrected chi connectivity index (χ3v) is 5.84. The molecule has 3 aromatic rings. The third-order valence-electron chi connectivity index (χ3n) is 5.84. The van der Waals surface area contributed by atoms with Crippen LogP contribution in [0.25, 0.3) is 0 Å². The fourth-order valence-corrected chi connectivity index (χ4v) is 4.29. The van der Waals surface area contributed by atoms with Crippen molar-refractivity contribution in [2.24, 2.45) is 0 Å². The summed E-state index contributed by atoms with van der Waals surface area (Å²) >= 11 is 0. The maximum absolute atomic E-state index is 8.90. The maximum atomic E-state index is 8.90. The van der Waals surface area contributed by atoms with Gasteiger partial charge in [-0.05, 0) is 79.0 Å². The molecule has 5 heteroatoms. The fourth-order valence-electron chi connectivity index (χ4n) is 4.29. The summed E-state index contributed by atoms with van der Waals surface area (Å²) in [6.07, 6.45) is 2.35. The molecule has 5 rings (SSSR count). The molecule has 0 aromatic heterocycles. The van der Waals surface area contributed by atoms with Gasteiger partial charge in [-0.15, -0.1) is 0 Å². The Hall–Kier alpha value is -3.49. The summed E-state index contributed by atoms with van der Waals surface area (Å²) in [5.41, 5.74) is 3.18. The average molecular weight is 412 g/mol. The highest BCUT2D eigenvalue weighted by molar-refractivity contribution is 5.45. The topological polar surface area (TPSA) is 54.7 Å². The van der Waals surface area contributed by atoms with Crippen molar-refractivity contribution in [2.75, 3.05) is 19.8 Å². The van der Waals surface area contributed by atoms with Gasteiger partial charge in [0.1, 0.15) is 24.7 Å². The number of likely N-dealkylation sites (tertiary alicyclic amines) is 1. The van der Waals surface area contributed by atoms with Crippen molar-refractivity contribution in [1.82, 2.24) is 4.90 Å². The van der Waals surface area contributed by atoms with Gasteiger partial charge in [0, 0.05) is 12.6 Å². The van der Waals surface area contributed by atoms with Gasteiger partial charge in [0.25, 0.3) is 0 Å². The molecule has 0 spiro atoms. The van der Waals surface area contributed by atoms with Gasteiger partial charge in [-0.1, -0.05) is 18.2 Å². The molecule has 2 aliphatic heterocycles. The second-order valence-corrected chi connectivity index (χ2v) is 7.91. The third kappa shape index (κ3) is 4.35. The van der Waals surface area contributed by atoms with Crippen molar-refractivity contribution in [3.63, 3.8) is 0 Å². The Balaban J connectivity index is 1.25. The zero-order valence-corrected chi connectivity index (χ0v) is 17.3. The molecule has 31 heavy (non-hydrogen) atoms. The van der Waals surface area contributed by atoms with E-state index < -0.39 is 0 Å². The van der Waals surface area contributed by atoms with E-state index in [0.717, 1.165) is 42.5 Å². The van der Waals surface area contributed by atoms with Crippen LogP contribution in [-0.4, -0.2) is 24.7 Å². The SMILES string of the molecule is N#Cc1ccc(Oc2ccc(CN3CCC[C@H]3c3ccc4c(c3)OCCO4)cc2)cc1. The Morgan fingerprint density at radius 1 is 0.903 bits per heavy atom. The summed E-state index contributed by atoms with van der Waals surface area (Å²) in [4.78, 5) is 2.53. The number of nitriles is 1. The van der Waals surface area contributed by atoms with Crippen molar-refractivity contribution in [1.29, 1.82) is 5.26 Å². The van der Waals surface area contributed by atoms with E-state index in [-0.39, 0.29) is 0 Å². The molecule has 0 N–H and O–H groups in total. The number of rotatable bonds is 5. The van der Waals surface area contributed by atoms with Crippen molar-refractivity contribution in [2.45, 2.75) is 25.4 Å². The van der Waals surface area contributed by atoms with E-state index in [9.17, 15) is 0 Å². The largest absolute Gasteiger partial charge is 0.486 e. The van der Waals surface area contributed by atoms with Crippen LogP contribution in [0.5, 0.6) is 23.0 Å². The van der Waals surface area contributed by atoms with Gasteiger partial charge in [-0.2, -0.15) is 5.26 Å². The molecular weight excluding hydrogens is 388 g/mol. The first-order valence-electron chi connectivity index (χ1n) is 10.7. The van der Waals surface area contributed by atoms with E-state index >= 15 is 0 Å². The monoisotopic (exact) mass is 412 g/mol. The summed E-state index contributed by atoms with van der Waals surface area (Å²) < 4.78 is 17.3. The van der Waals surface area contributed by atoms with Crippen molar-refractivity contribution >= 4 is 0 Å². The molecule has 0 saturated carbocycles. The van der Waals surface area contributed by atoms with Crippen LogP contribution in [0.1, 0.15) is 35.6 Å². The lowest BCUT2D eigenvalue weighted by Crippen LogP contribution is -2.23. The second-order valence-electron chi connectivity index (χ2n) is 7.91. The highest BCUT2D eigenvalue weighted by atomic mass is 16.6. The molecule has 2 heterocycles. The second kappa shape index (κ2) is 8.71. The number of nitrogens with zero attached hydrogens (tertiary/aromatic N) is 2. The first-order valence-corrected chi connectivity index (χ1v) is 10.7. The minimum absolute atomic E-state index is 0.394. The minimum Gasteiger partial charge on any atom is -0.486 e. The maximum Gasteiger partial charge on any atom is 0.161 e. The van der Waals surface area contributed by atoms with Crippen LogP contribution in [0, 0.1) is 11.3 Å². The number of hydrogen-bond acceptors (Lipinski definition) is 5. The zero-order valence-electron chi connectivity index (χ0n) is 17.3. The molecule has 0 amide bonds. The van der Waals surface area contributed by atoms with E-state index in [2.05, 4.69) is 35.2 Å². The molecule has 0 radical (unpaired) electrons. The molecule has 1 atom stereocenters. The van der Waals surface area contributed by atoms with Crippen LogP contribution >= 0.6 is 0 Å². The van der Waals surface area contributed by atoms with Crippen molar-refractivity contribution < 1.29 is 14.2 Å². The Bertz CT molecular complexity index is 1090. The molecule has 1 saturated heterocycles. The van der Waals surface area contributed by atoms with E-state index in [1.807, 2.05) is 30.3 Å². The highest BCUT2D eigenvalue weighted by Gasteiger charge is 2.27. The fraction of sp³-hybridized carbons (Fsp3) is 0.269. The lowest BCUT2D eigenvalue weighted by Gasteiger charge is -2.26. The van der Waals surface area contributed by atoms with Crippen molar-refractivity contribution in [3.05, 3.63) is 83.4 Å². The number of hydrogen-bond donors (Lipinski definition) is 0. The van der Waals surface area contributed by atoms with Gasteiger partial charge in [0.15, 0.2) is 11.5 Å². The van der Waals surface area contributed by atoms with Crippen LogP contribution in [0.3, 0.4) is 0 Å². The summed E-state index contributed by atoms with van der Waals surface area (Å²) in [7, 11) is 0. The first-order chi connectivity index (χ1) is 15.3. The number of benzene rings is 3. The molecular formula is C26H24N2O3. The van der Waals surface area contributed by atoms with Gasteiger partial charge >= 0.3 is 0 Å². The smallest absolute Gasteiger partial charge is 0.161 e. The first kappa shape index (κ1) is 19.5. The van der Waals surface area contributed by atoms with Crippen LogP contribution in [0.15, 0.2) is 66.7 Å². The van der Waals surface area contributed by atoms with Crippen LogP contribution in [0.2, 0.25) is 0 Å². The molecule has 2 aliphatic rings. The van der Waals surface area contributed by atoms with Gasteiger partial charge in [-0.3, -0.25) is 4.90 Å². The zero-order chi connectivity index (χ0) is 21.0. The van der Waals surface area contributed by atoms with E-state index in [1.54, 1.807) is 12.1 Å². The molecule has 0 aliphatic carbocycles. The lowest BCUT2D eigenvalue weighted by atomic mass is 10.0. The average Bonchev–Trinajstić information content (AvgIpc) is 3.28. The van der Waals surface area contributed by atoms with E-state index in [1.165, 1.54) is 17.5 Å². The lowest BCUT2D eigenvalue weighted by molar-refractivity contribution is 0.170. The van der Waals surface area contributed by atoms with Gasteiger partial charge in [-0.25, -0.2) is 0 Å². The summed E-state index contributed by atoms with van der Waals surface area (Å²) in [6, 6.07) is 24.3. The van der Waals surface area contributed by atoms with Crippen LogP contribution in [0.4, 0.5) is 0 Å². The predicted molar refractivity (Wildman–Crippen MR) is 117 cm³/mol. The van der Waals surface area contributed by atoms with Crippen LogP contribution in [-0.2, 0) is 6.54 Å². The minimum atomic E-state index is 0.394. The van der Waals surface area contributed by atoms with Gasteiger partial charge in [0.05, 0.1) is 11.6 Å². The summed E-state index contributed by atoms with van der Waals surface area (Å²) in [5.74, 6) is 3.22. The van der Waals surface area contributed by atoms with Crippen molar-refractivity contribution in [3.8, 4) is 29.1 Å². The quantitative estimate of drug-likeness (QED) is 0.557. The molecule has 0 bridgehead atoms. The molecule has 3 aromatic carbocycles. The Kier molecular flexibility index (Phi) is 5.47. The van der Waals surface area contributed by atoms with Crippen LogP contribution < -0.4 is 14.2 Å². The highest BCUT2D eigenvalue weighted by Crippen LogP contribution is 2.38. The molecule has 5 nitrogen and oxygen atoms in total. The number of ether oxygens (including phenoxy) is 3. The molecule has 156 valence electrons. The van der Waals surface area contributed by atoms with Gasteiger partial charge < -0.3 is 14.2 Å². The standard InChI is InChI=1S/C26H24N2O3/c27-17-19-3-8-22(9-4-19)31-23-10-5-20(6-11-23)18-28-13-1-2-24(28)21-7-12-25-26(16-21)30-15-14-29-25/h3-12,16,24H,1-2,13-15,18H2/t24-/m0/s1. The molecule has 0 unspecified atom stereocenters. The predicted octanol–water partition coefficient (Wildman–Crippen LogP) is 5.46. The summed E-state index contributed by atoms with van der Waals surface area (Å²) in [5, 5.41) is 8.90. The Labute approximate surface area is 182 Å². The van der Waals surface area contributed by atoms with E-state index in [4.69, 9.17) is 19.5 Å². The number of fused-ring (bicyclic) bond motifs is 1. The Morgan fingerprint density at radius 2 is 1.61 bits per heavy atom.